The number of halogens is 1. The van der Waals surface area contributed by atoms with Crippen molar-refractivity contribution in [2.75, 3.05) is 18.9 Å². The van der Waals surface area contributed by atoms with E-state index in [1.807, 2.05) is 26.0 Å². The average molecular weight is 343 g/mol. The number of nitrogens with zero attached hydrogens (tertiary/aromatic N) is 1. The Hall–Kier alpha value is -2.73. The van der Waals surface area contributed by atoms with Crippen LogP contribution in [0.5, 0.6) is 0 Å². The summed E-state index contributed by atoms with van der Waals surface area (Å²) in [6.45, 7) is 4.28. The monoisotopic (exact) mass is 343 g/mol. The fourth-order valence-electron chi connectivity index (χ4n) is 2.45. The minimum absolute atomic E-state index is 0.0245. The Kier molecular flexibility index (Phi) is 6.25. The van der Waals surface area contributed by atoms with Crippen LogP contribution in [0.4, 0.5) is 14.9 Å². The smallest absolute Gasteiger partial charge is 0.307 e. The first-order valence-electron chi connectivity index (χ1n) is 7.95. The van der Waals surface area contributed by atoms with Gasteiger partial charge < -0.3 is 5.32 Å². The lowest BCUT2D eigenvalue weighted by atomic mass is 10.1. The Balaban J connectivity index is 1.84. The number of rotatable bonds is 5. The summed E-state index contributed by atoms with van der Waals surface area (Å²) in [6, 6.07) is 11.2. The highest BCUT2D eigenvalue weighted by atomic mass is 19.1. The lowest BCUT2D eigenvalue weighted by Crippen LogP contribution is -2.40. The summed E-state index contributed by atoms with van der Waals surface area (Å²) in [5, 5.41) is 4.97. The van der Waals surface area contributed by atoms with Gasteiger partial charge in [0.2, 0.25) is 5.91 Å². The van der Waals surface area contributed by atoms with Crippen LogP contribution in [-0.2, 0) is 11.3 Å². The summed E-state index contributed by atoms with van der Waals surface area (Å²) in [4.78, 5) is 25.6. The standard InChI is InChI=1S/C19H22FN3O2/c1-13-6-4-9-17(14(13)2)21-19(25)22-18(24)12-23(3)11-15-7-5-8-16(20)10-15/h4-10H,11-12H2,1-3H3,(H2,21,22,24,25). The minimum atomic E-state index is -0.571. The Morgan fingerprint density at radius 3 is 2.56 bits per heavy atom. The van der Waals surface area contributed by atoms with Crippen molar-refractivity contribution in [3.63, 3.8) is 0 Å². The molecule has 2 N–H and O–H groups in total. The molecule has 2 aromatic carbocycles. The molecule has 6 heteroatoms. The van der Waals surface area contributed by atoms with E-state index in [4.69, 9.17) is 0 Å². The third kappa shape index (κ3) is 5.69. The summed E-state index contributed by atoms with van der Waals surface area (Å²) in [6.07, 6.45) is 0. The maximum absolute atomic E-state index is 13.2. The van der Waals surface area contributed by atoms with E-state index in [-0.39, 0.29) is 12.4 Å². The normalized spacial score (nSPS) is 10.6. The van der Waals surface area contributed by atoms with Crippen molar-refractivity contribution < 1.29 is 14.0 Å². The largest absolute Gasteiger partial charge is 0.325 e. The molecule has 0 spiro atoms. The highest BCUT2D eigenvalue weighted by Gasteiger charge is 2.12. The molecule has 0 atom stereocenters. The molecule has 0 unspecified atom stereocenters. The van der Waals surface area contributed by atoms with E-state index >= 15 is 0 Å². The topological polar surface area (TPSA) is 61.4 Å². The number of hydrogen-bond donors (Lipinski definition) is 2. The van der Waals surface area contributed by atoms with Crippen molar-refractivity contribution in [1.29, 1.82) is 0 Å². The van der Waals surface area contributed by atoms with E-state index in [2.05, 4.69) is 10.6 Å². The number of anilines is 1. The van der Waals surface area contributed by atoms with Crippen LogP contribution in [0, 0.1) is 19.7 Å². The lowest BCUT2D eigenvalue weighted by Gasteiger charge is -2.16. The van der Waals surface area contributed by atoms with Gasteiger partial charge in [0.25, 0.3) is 0 Å². The van der Waals surface area contributed by atoms with E-state index in [0.29, 0.717) is 12.2 Å². The van der Waals surface area contributed by atoms with Gasteiger partial charge in [-0.3, -0.25) is 15.0 Å². The first-order valence-corrected chi connectivity index (χ1v) is 7.95. The van der Waals surface area contributed by atoms with Gasteiger partial charge in [0.1, 0.15) is 5.82 Å². The molecule has 0 saturated carbocycles. The zero-order valence-electron chi connectivity index (χ0n) is 14.6. The maximum Gasteiger partial charge on any atom is 0.325 e. The number of imide groups is 1. The maximum atomic E-state index is 13.2. The van der Waals surface area contributed by atoms with Gasteiger partial charge in [0, 0.05) is 12.2 Å². The van der Waals surface area contributed by atoms with Gasteiger partial charge >= 0.3 is 6.03 Å². The van der Waals surface area contributed by atoms with Crippen LogP contribution < -0.4 is 10.6 Å². The number of hydrogen-bond acceptors (Lipinski definition) is 3. The Morgan fingerprint density at radius 1 is 1.12 bits per heavy atom. The van der Waals surface area contributed by atoms with Crippen molar-refractivity contribution in [3.8, 4) is 0 Å². The van der Waals surface area contributed by atoms with Gasteiger partial charge in [-0.1, -0.05) is 24.3 Å². The van der Waals surface area contributed by atoms with E-state index < -0.39 is 11.9 Å². The van der Waals surface area contributed by atoms with Gasteiger partial charge in [-0.15, -0.1) is 0 Å². The third-order valence-electron chi connectivity index (χ3n) is 3.86. The average Bonchev–Trinajstić information content (AvgIpc) is 2.51. The second kappa shape index (κ2) is 8.39. The van der Waals surface area contributed by atoms with Crippen LogP contribution in [-0.4, -0.2) is 30.4 Å². The van der Waals surface area contributed by atoms with E-state index in [0.717, 1.165) is 16.7 Å². The molecule has 2 rings (SSSR count). The predicted octanol–water partition coefficient (Wildman–Crippen LogP) is 3.22. The summed E-state index contributed by atoms with van der Waals surface area (Å²) in [5.74, 6) is -0.745. The number of carbonyl (C=O) groups is 2. The molecule has 0 bridgehead atoms. The Bertz CT molecular complexity index is 777. The van der Waals surface area contributed by atoms with Crippen LogP contribution >= 0.6 is 0 Å². The van der Waals surface area contributed by atoms with E-state index in [9.17, 15) is 14.0 Å². The fourth-order valence-corrected chi connectivity index (χ4v) is 2.45. The molecular formula is C19H22FN3O2. The van der Waals surface area contributed by atoms with Crippen LogP contribution in [0.3, 0.4) is 0 Å². The number of carbonyl (C=O) groups excluding carboxylic acids is 2. The van der Waals surface area contributed by atoms with Gasteiger partial charge in [-0.25, -0.2) is 9.18 Å². The number of amides is 3. The highest BCUT2D eigenvalue weighted by Crippen LogP contribution is 2.17. The number of likely N-dealkylation sites (N-methyl/N-ethyl adjacent to an activating group) is 1. The molecule has 25 heavy (non-hydrogen) atoms. The van der Waals surface area contributed by atoms with Crippen molar-refractivity contribution in [1.82, 2.24) is 10.2 Å². The molecule has 5 nitrogen and oxygen atoms in total. The quantitative estimate of drug-likeness (QED) is 0.876. The zero-order valence-corrected chi connectivity index (χ0v) is 14.6. The van der Waals surface area contributed by atoms with Gasteiger partial charge in [-0.05, 0) is 55.8 Å². The minimum Gasteiger partial charge on any atom is -0.307 e. The molecule has 0 saturated heterocycles. The van der Waals surface area contributed by atoms with Crippen molar-refractivity contribution in [2.24, 2.45) is 0 Å². The van der Waals surface area contributed by atoms with Crippen LogP contribution in [0.15, 0.2) is 42.5 Å². The molecule has 2 aromatic rings. The molecule has 0 heterocycles. The number of aryl methyl sites for hydroxylation is 1. The summed E-state index contributed by atoms with van der Waals surface area (Å²) in [5.41, 5.74) is 3.43. The Morgan fingerprint density at radius 2 is 1.84 bits per heavy atom. The summed E-state index contributed by atoms with van der Waals surface area (Å²) >= 11 is 0. The number of nitrogens with one attached hydrogen (secondary N) is 2. The van der Waals surface area contributed by atoms with Gasteiger partial charge in [0.05, 0.1) is 6.54 Å². The first-order chi connectivity index (χ1) is 11.8. The fraction of sp³-hybridized carbons (Fsp3) is 0.263. The third-order valence-corrected chi connectivity index (χ3v) is 3.86. The lowest BCUT2D eigenvalue weighted by molar-refractivity contribution is -0.120. The van der Waals surface area contributed by atoms with E-state index in [1.165, 1.54) is 12.1 Å². The second-order valence-electron chi connectivity index (χ2n) is 6.05. The zero-order chi connectivity index (χ0) is 18.4. The highest BCUT2D eigenvalue weighted by molar-refractivity contribution is 6.02. The van der Waals surface area contributed by atoms with Crippen LogP contribution in [0.2, 0.25) is 0 Å². The van der Waals surface area contributed by atoms with Gasteiger partial charge in [0.15, 0.2) is 0 Å². The van der Waals surface area contributed by atoms with Gasteiger partial charge in [-0.2, -0.15) is 0 Å². The molecule has 3 amide bonds. The van der Waals surface area contributed by atoms with Crippen molar-refractivity contribution >= 4 is 17.6 Å². The molecule has 0 aliphatic rings. The number of urea groups is 1. The predicted molar refractivity (Wildman–Crippen MR) is 95.8 cm³/mol. The molecule has 0 aliphatic heterocycles. The molecular weight excluding hydrogens is 321 g/mol. The SMILES string of the molecule is Cc1cccc(NC(=O)NC(=O)CN(C)Cc2cccc(F)c2)c1C. The molecule has 0 aliphatic carbocycles. The number of benzene rings is 2. The molecule has 0 radical (unpaired) electrons. The first kappa shape index (κ1) is 18.6. The molecule has 0 fully saturated rings. The summed E-state index contributed by atoms with van der Waals surface area (Å²) < 4.78 is 13.2. The Labute approximate surface area is 146 Å². The molecule has 0 aromatic heterocycles. The van der Waals surface area contributed by atoms with Crippen LogP contribution in [0.1, 0.15) is 16.7 Å². The van der Waals surface area contributed by atoms with Crippen molar-refractivity contribution in [3.05, 3.63) is 65.0 Å². The molecule has 132 valence electrons. The second-order valence-corrected chi connectivity index (χ2v) is 6.05. The van der Waals surface area contributed by atoms with Crippen molar-refractivity contribution in [2.45, 2.75) is 20.4 Å². The van der Waals surface area contributed by atoms with E-state index in [1.54, 1.807) is 30.1 Å². The van der Waals surface area contributed by atoms with Crippen LogP contribution in [0.25, 0.3) is 0 Å². The summed E-state index contributed by atoms with van der Waals surface area (Å²) in [7, 11) is 1.73.